The molecule has 1 aliphatic heterocycles. The highest BCUT2D eigenvalue weighted by Gasteiger charge is 2.12. The van der Waals surface area contributed by atoms with Crippen molar-refractivity contribution in [2.75, 3.05) is 32.9 Å². The molecule has 0 bridgehead atoms. The standard InChI is InChI=1S/C8H15NO4/c10-8(11)1-3-12-6-7-5-9-2-4-13-7/h7,9H,1-6H2,(H,10,11). The molecule has 1 unspecified atom stereocenters. The van der Waals surface area contributed by atoms with Crippen molar-refractivity contribution >= 4 is 5.97 Å². The molecule has 0 spiro atoms. The minimum absolute atomic E-state index is 0.0557. The van der Waals surface area contributed by atoms with Crippen LogP contribution in [0.4, 0.5) is 0 Å². The summed E-state index contributed by atoms with van der Waals surface area (Å²) in [4.78, 5) is 10.1. The fourth-order valence-electron chi connectivity index (χ4n) is 1.10. The van der Waals surface area contributed by atoms with Crippen molar-refractivity contribution in [3.63, 3.8) is 0 Å². The van der Waals surface area contributed by atoms with Crippen LogP contribution in [0.2, 0.25) is 0 Å². The Hall–Kier alpha value is -0.650. The van der Waals surface area contributed by atoms with Crippen LogP contribution in [0.25, 0.3) is 0 Å². The first-order valence-electron chi connectivity index (χ1n) is 4.41. The second kappa shape index (κ2) is 5.90. The molecule has 0 radical (unpaired) electrons. The molecule has 2 N–H and O–H groups in total. The summed E-state index contributed by atoms with van der Waals surface area (Å²) in [6, 6.07) is 0. The fraction of sp³-hybridized carbons (Fsp3) is 0.875. The van der Waals surface area contributed by atoms with Crippen molar-refractivity contribution in [1.29, 1.82) is 0 Å². The Labute approximate surface area is 77.0 Å². The van der Waals surface area contributed by atoms with Crippen molar-refractivity contribution in [2.45, 2.75) is 12.5 Å². The van der Waals surface area contributed by atoms with Gasteiger partial charge in [-0.15, -0.1) is 0 Å². The average molecular weight is 189 g/mol. The third-order valence-electron chi connectivity index (χ3n) is 1.77. The highest BCUT2D eigenvalue weighted by molar-refractivity contribution is 5.66. The van der Waals surface area contributed by atoms with Crippen LogP contribution in [0, 0.1) is 0 Å². The number of hydrogen-bond donors (Lipinski definition) is 2. The molecule has 0 aliphatic carbocycles. The predicted molar refractivity (Wildman–Crippen MR) is 45.7 cm³/mol. The summed E-state index contributed by atoms with van der Waals surface area (Å²) in [5, 5.41) is 11.5. The van der Waals surface area contributed by atoms with Gasteiger partial charge in [0.1, 0.15) is 0 Å². The van der Waals surface area contributed by atoms with Crippen LogP contribution >= 0.6 is 0 Å². The molecule has 1 atom stereocenters. The van der Waals surface area contributed by atoms with E-state index in [1.165, 1.54) is 0 Å². The van der Waals surface area contributed by atoms with Gasteiger partial charge in [-0.1, -0.05) is 0 Å². The van der Waals surface area contributed by atoms with E-state index in [4.69, 9.17) is 14.6 Å². The number of rotatable bonds is 5. The van der Waals surface area contributed by atoms with Gasteiger partial charge in [-0.05, 0) is 0 Å². The van der Waals surface area contributed by atoms with Gasteiger partial charge < -0.3 is 19.9 Å². The van der Waals surface area contributed by atoms with Gasteiger partial charge in [0.15, 0.2) is 0 Å². The van der Waals surface area contributed by atoms with E-state index in [1.807, 2.05) is 0 Å². The second-order valence-corrected chi connectivity index (χ2v) is 2.92. The molecule has 1 fully saturated rings. The molecule has 0 aromatic rings. The van der Waals surface area contributed by atoms with E-state index in [9.17, 15) is 4.79 Å². The van der Waals surface area contributed by atoms with Crippen LogP contribution in [-0.2, 0) is 14.3 Å². The zero-order chi connectivity index (χ0) is 9.52. The van der Waals surface area contributed by atoms with E-state index in [2.05, 4.69) is 5.32 Å². The monoisotopic (exact) mass is 189 g/mol. The molecule has 0 amide bonds. The van der Waals surface area contributed by atoms with Crippen molar-refractivity contribution in [3.05, 3.63) is 0 Å². The van der Waals surface area contributed by atoms with Crippen LogP contribution in [0.15, 0.2) is 0 Å². The molecule has 5 nitrogen and oxygen atoms in total. The van der Waals surface area contributed by atoms with E-state index in [0.717, 1.165) is 13.1 Å². The lowest BCUT2D eigenvalue weighted by Gasteiger charge is -2.23. The Kier molecular flexibility index (Phi) is 4.74. The lowest BCUT2D eigenvalue weighted by atomic mass is 10.3. The van der Waals surface area contributed by atoms with Gasteiger partial charge in [-0.2, -0.15) is 0 Å². The molecule has 1 saturated heterocycles. The van der Waals surface area contributed by atoms with Crippen LogP contribution in [0.1, 0.15) is 6.42 Å². The van der Waals surface area contributed by atoms with Crippen molar-refractivity contribution in [2.24, 2.45) is 0 Å². The molecule has 0 saturated carbocycles. The zero-order valence-corrected chi connectivity index (χ0v) is 7.49. The normalized spacial score (nSPS) is 22.9. The van der Waals surface area contributed by atoms with Gasteiger partial charge in [0.25, 0.3) is 0 Å². The number of carboxylic acid groups (broad SMARTS) is 1. The molecule has 13 heavy (non-hydrogen) atoms. The fourth-order valence-corrected chi connectivity index (χ4v) is 1.10. The number of ether oxygens (including phenoxy) is 2. The molecule has 1 heterocycles. The third kappa shape index (κ3) is 4.82. The summed E-state index contributed by atoms with van der Waals surface area (Å²) < 4.78 is 10.5. The lowest BCUT2D eigenvalue weighted by Crippen LogP contribution is -2.41. The summed E-state index contributed by atoms with van der Waals surface area (Å²) in [7, 11) is 0. The molecule has 1 aliphatic rings. The topological polar surface area (TPSA) is 67.8 Å². The summed E-state index contributed by atoms with van der Waals surface area (Å²) in [6.45, 7) is 3.10. The number of hydrogen-bond acceptors (Lipinski definition) is 4. The number of carboxylic acids is 1. The van der Waals surface area contributed by atoms with Gasteiger partial charge >= 0.3 is 5.97 Å². The SMILES string of the molecule is O=C(O)CCOCC1CNCCO1. The minimum Gasteiger partial charge on any atom is -0.481 e. The first-order valence-corrected chi connectivity index (χ1v) is 4.41. The highest BCUT2D eigenvalue weighted by Crippen LogP contribution is 1.96. The largest absolute Gasteiger partial charge is 0.481 e. The van der Waals surface area contributed by atoms with Gasteiger partial charge in [0.05, 0.1) is 32.3 Å². The van der Waals surface area contributed by atoms with E-state index in [-0.39, 0.29) is 19.1 Å². The summed E-state index contributed by atoms with van der Waals surface area (Å²) >= 11 is 0. The third-order valence-corrected chi connectivity index (χ3v) is 1.77. The maximum atomic E-state index is 10.1. The number of nitrogens with one attached hydrogen (secondary N) is 1. The van der Waals surface area contributed by atoms with Gasteiger partial charge in [0.2, 0.25) is 0 Å². The summed E-state index contributed by atoms with van der Waals surface area (Å²) in [6.07, 6.45) is 0.128. The molecular weight excluding hydrogens is 174 g/mol. The van der Waals surface area contributed by atoms with Crippen LogP contribution in [-0.4, -0.2) is 50.1 Å². The molecule has 0 aromatic heterocycles. The van der Waals surface area contributed by atoms with Crippen molar-refractivity contribution in [1.82, 2.24) is 5.32 Å². The molecule has 0 aromatic carbocycles. The van der Waals surface area contributed by atoms with Gasteiger partial charge in [-0.3, -0.25) is 4.79 Å². The first-order chi connectivity index (χ1) is 6.29. The van der Waals surface area contributed by atoms with Crippen LogP contribution < -0.4 is 5.32 Å². The summed E-state index contributed by atoms with van der Waals surface area (Å²) in [5.41, 5.74) is 0. The Balaban J connectivity index is 1.95. The van der Waals surface area contributed by atoms with Crippen molar-refractivity contribution in [3.8, 4) is 0 Å². The minimum atomic E-state index is -0.831. The Bertz CT molecular complexity index is 156. The first kappa shape index (κ1) is 10.4. The quantitative estimate of drug-likeness (QED) is 0.569. The molecular formula is C8H15NO4. The zero-order valence-electron chi connectivity index (χ0n) is 7.49. The number of aliphatic carboxylic acids is 1. The number of carbonyl (C=O) groups is 1. The average Bonchev–Trinajstić information content (AvgIpc) is 2.14. The molecule has 76 valence electrons. The van der Waals surface area contributed by atoms with E-state index < -0.39 is 5.97 Å². The van der Waals surface area contributed by atoms with Gasteiger partial charge in [0, 0.05) is 13.1 Å². The van der Waals surface area contributed by atoms with E-state index >= 15 is 0 Å². The van der Waals surface area contributed by atoms with Crippen LogP contribution in [0.3, 0.4) is 0 Å². The number of morpholine rings is 1. The highest BCUT2D eigenvalue weighted by atomic mass is 16.5. The maximum absolute atomic E-state index is 10.1. The van der Waals surface area contributed by atoms with Crippen LogP contribution in [0.5, 0.6) is 0 Å². The Morgan fingerprint density at radius 2 is 2.54 bits per heavy atom. The second-order valence-electron chi connectivity index (χ2n) is 2.92. The van der Waals surface area contributed by atoms with E-state index in [1.54, 1.807) is 0 Å². The van der Waals surface area contributed by atoms with Gasteiger partial charge in [-0.25, -0.2) is 0 Å². The smallest absolute Gasteiger partial charge is 0.305 e. The predicted octanol–water partition coefficient (Wildman–Crippen LogP) is -0.534. The Morgan fingerprint density at radius 3 is 3.15 bits per heavy atom. The molecule has 5 heteroatoms. The Morgan fingerprint density at radius 1 is 1.69 bits per heavy atom. The maximum Gasteiger partial charge on any atom is 0.305 e. The molecule has 1 rings (SSSR count). The van der Waals surface area contributed by atoms with Crippen molar-refractivity contribution < 1.29 is 19.4 Å². The summed E-state index contributed by atoms with van der Waals surface area (Å²) in [5.74, 6) is -0.831. The van der Waals surface area contributed by atoms with E-state index in [0.29, 0.717) is 13.2 Å². The lowest BCUT2D eigenvalue weighted by molar-refractivity contribution is -0.138.